The van der Waals surface area contributed by atoms with Crippen molar-refractivity contribution < 1.29 is 22.7 Å². The number of allylic oxidation sites excluding steroid dienone is 2. The number of aliphatic hydroxyl groups is 1. The minimum Gasteiger partial charge on any atom is -0.396 e. The lowest BCUT2D eigenvalue weighted by molar-refractivity contribution is 0.0168. The zero-order chi connectivity index (χ0) is 10.7. The van der Waals surface area contributed by atoms with Gasteiger partial charge in [0.15, 0.2) is 0 Å². The van der Waals surface area contributed by atoms with Crippen molar-refractivity contribution in [3.8, 4) is 0 Å². The summed E-state index contributed by atoms with van der Waals surface area (Å²) in [7, 11) is 0. The van der Waals surface area contributed by atoms with Crippen molar-refractivity contribution in [3.05, 3.63) is 11.6 Å². The van der Waals surface area contributed by atoms with Crippen LogP contribution in [0.5, 0.6) is 0 Å². The van der Waals surface area contributed by atoms with Gasteiger partial charge in [-0.2, -0.15) is 0 Å². The largest absolute Gasteiger partial charge is 0.396 e. The van der Waals surface area contributed by atoms with Crippen LogP contribution in [0.15, 0.2) is 11.6 Å². The van der Waals surface area contributed by atoms with E-state index in [2.05, 4.69) is 0 Å². The number of halogens is 4. The molecule has 1 nitrogen and oxygen atoms in total. The smallest absolute Gasteiger partial charge is 0.259 e. The second-order valence-electron chi connectivity index (χ2n) is 3.46. The average molecular weight is 212 g/mol. The van der Waals surface area contributed by atoms with E-state index < -0.39 is 31.3 Å². The standard InChI is InChI=1S/C9H12F4O/c10-8(11)5-1-2-7(9(12)13)6(3-5)4-14/h1,6-9,14H,2-4H2. The molecule has 0 amide bonds. The van der Waals surface area contributed by atoms with Crippen LogP contribution in [-0.2, 0) is 0 Å². The van der Waals surface area contributed by atoms with Gasteiger partial charge in [0, 0.05) is 12.5 Å². The lowest BCUT2D eigenvalue weighted by Crippen LogP contribution is -2.29. The molecule has 0 fully saturated rings. The quantitative estimate of drug-likeness (QED) is 0.562. The molecule has 0 aromatic rings. The monoisotopic (exact) mass is 212 g/mol. The Morgan fingerprint density at radius 1 is 1.36 bits per heavy atom. The van der Waals surface area contributed by atoms with Gasteiger partial charge in [-0.25, -0.2) is 17.6 Å². The van der Waals surface area contributed by atoms with Crippen LogP contribution in [0.2, 0.25) is 0 Å². The summed E-state index contributed by atoms with van der Waals surface area (Å²) in [5.41, 5.74) is -0.124. The second kappa shape index (κ2) is 4.77. The fourth-order valence-corrected chi connectivity index (χ4v) is 1.70. The third kappa shape index (κ3) is 2.47. The van der Waals surface area contributed by atoms with Gasteiger partial charge in [-0.15, -0.1) is 0 Å². The maximum absolute atomic E-state index is 12.4. The number of hydrogen-bond donors (Lipinski definition) is 1. The van der Waals surface area contributed by atoms with E-state index >= 15 is 0 Å². The normalized spacial score (nSPS) is 28.4. The Morgan fingerprint density at radius 2 is 2.00 bits per heavy atom. The van der Waals surface area contributed by atoms with Crippen LogP contribution in [0.1, 0.15) is 12.8 Å². The Balaban J connectivity index is 2.69. The van der Waals surface area contributed by atoms with Gasteiger partial charge < -0.3 is 5.11 Å². The molecule has 2 unspecified atom stereocenters. The van der Waals surface area contributed by atoms with Gasteiger partial charge in [0.2, 0.25) is 6.43 Å². The predicted octanol–water partition coefficient (Wildman–Crippen LogP) is 2.46. The van der Waals surface area contributed by atoms with E-state index in [-0.39, 0.29) is 18.4 Å². The van der Waals surface area contributed by atoms with Crippen molar-refractivity contribution >= 4 is 0 Å². The van der Waals surface area contributed by atoms with Gasteiger partial charge in [0.1, 0.15) is 0 Å². The van der Waals surface area contributed by atoms with Crippen molar-refractivity contribution in [2.75, 3.05) is 6.61 Å². The van der Waals surface area contributed by atoms with Crippen LogP contribution < -0.4 is 0 Å². The Hall–Kier alpha value is -0.580. The minimum absolute atomic E-state index is 0.0669. The van der Waals surface area contributed by atoms with Crippen LogP contribution >= 0.6 is 0 Å². The van der Waals surface area contributed by atoms with Gasteiger partial charge in [-0.1, -0.05) is 6.08 Å². The molecule has 14 heavy (non-hydrogen) atoms. The Bertz CT molecular complexity index is 215. The fourth-order valence-electron chi connectivity index (χ4n) is 1.70. The van der Waals surface area contributed by atoms with E-state index in [0.29, 0.717) is 0 Å². The van der Waals surface area contributed by atoms with E-state index in [1.54, 1.807) is 0 Å². The van der Waals surface area contributed by atoms with Gasteiger partial charge in [0.05, 0.1) is 0 Å². The Kier molecular flexibility index (Phi) is 3.92. The number of alkyl halides is 4. The van der Waals surface area contributed by atoms with Gasteiger partial charge >= 0.3 is 0 Å². The number of hydrogen-bond acceptors (Lipinski definition) is 1. The zero-order valence-electron chi connectivity index (χ0n) is 7.47. The molecule has 1 aliphatic rings. The van der Waals surface area contributed by atoms with Crippen LogP contribution in [-0.4, -0.2) is 24.6 Å². The van der Waals surface area contributed by atoms with Crippen LogP contribution in [0, 0.1) is 11.8 Å². The molecule has 82 valence electrons. The zero-order valence-corrected chi connectivity index (χ0v) is 7.47. The third-order valence-corrected chi connectivity index (χ3v) is 2.59. The predicted molar refractivity (Wildman–Crippen MR) is 43.4 cm³/mol. The molecule has 0 heterocycles. The van der Waals surface area contributed by atoms with Crippen LogP contribution in [0.25, 0.3) is 0 Å². The molecule has 1 rings (SSSR count). The molecule has 0 saturated heterocycles. The topological polar surface area (TPSA) is 20.2 Å². The highest BCUT2D eigenvalue weighted by atomic mass is 19.3. The Morgan fingerprint density at radius 3 is 2.43 bits per heavy atom. The maximum Gasteiger partial charge on any atom is 0.259 e. The number of aliphatic hydroxyl groups excluding tert-OH is 1. The molecular formula is C9H12F4O. The lowest BCUT2D eigenvalue weighted by Gasteiger charge is -2.29. The molecule has 5 heteroatoms. The van der Waals surface area contributed by atoms with E-state index in [0.717, 1.165) is 0 Å². The Labute approximate surface area is 79.4 Å². The van der Waals surface area contributed by atoms with Crippen molar-refractivity contribution in [3.63, 3.8) is 0 Å². The van der Waals surface area contributed by atoms with Gasteiger partial charge in [0.25, 0.3) is 6.43 Å². The van der Waals surface area contributed by atoms with Crippen LogP contribution in [0.3, 0.4) is 0 Å². The number of rotatable bonds is 3. The van der Waals surface area contributed by atoms with E-state index in [1.165, 1.54) is 6.08 Å². The van der Waals surface area contributed by atoms with Gasteiger partial charge in [-0.3, -0.25) is 0 Å². The first-order valence-corrected chi connectivity index (χ1v) is 4.42. The van der Waals surface area contributed by atoms with E-state index in [4.69, 9.17) is 5.11 Å². The second-order valence-corrected chi connectivity index (χ2v) is 3.46. The van der Waals surface area contributed by atoms with Crippen molar-refractivity contribution in [1.29, 1.82) is 0 Å². The first-order valence-electron chi connectivity index (χ1n) is 4.42. The summed E-state index contributed by atoms with van der Waals surface area (Å²) in [5, 5.41) is 8.80. The van der Waals surface area contributed by atoms with E-state index in [9.17, 15) is 17.6 Å². The molecule has 1 N–H and O–H groups in total. The lowest BCUT2D eigenvalue weighted by atomic mass is 9.80. The molecule has 0 radical (unpaired) electrons. The highest BCUT2D eigenvalue weighted by Crippen LogP contribution is 2.35. The highest BCUT2D eigenvalue weighted by molar-refractivity contribution is 5.11. The molecule has 1 aliphatic carbocycles. The van der Waals surface area contributed by atoms with Crippen molar-refractivity contribution in [1.82, 2.24) is 0 Å². The minimum atomic E-state index is -2.59. The molecule has 0 aromatic heterocycles. The maximum atomic E-state index is 12.4. The summed E-state index contributed by atoms with van der Waals surface area (Å²) in [6.07, 6.45) is -4.16. The molecule has 2 atom stereocenters. The molecular weight excluding hydrogens is 200 g/mol. The summed E-state index contributed by atoms with van der Waals surface area (Å²) in [4.78, 5) is 0. The first kappa shape index (κ1) is 11.5. The fraction of sp³-hybridized carbons (Fsp3) is 0.778. The van der Waals surface area contributed by atoms with Crippen molar-refractivity contribution in [2.24, 2.45) is 11.8 Å². The molecule has 0 saturated carbocycles. The summed E-state index contributed by atoms with van der Waals surface area (Å²) in [5.74, 6) is -1.72. The van der Waals surface area contributed by atoms with Crippen molar-refractivity contribution in [2.45, 2.75) is 25.7 Å². The molecule has 0 bridgehead atoms. The molecule has 0 aromatic carbocycles. The SMILES string of the molecule is OCC1CC(C(F)F)=CCC1C(F)F. The third-order valence-electron chi connectivity index (χ3n) is 2.59. The summed E-state index contributed by atoms with van der Waals surface area (Å²) in [6.45, 7) is -0.459. The molecule has 0 aliphatic heterocycles. The van der Waals surface area contributed by atoms with E-state index in [1.807, 2.05) is 0 Å². The average Bonchev–Trinajstić information content (AvgIpc) is 2.16. The highest BCUT2D eigenvalue weighted by Gasteiger charge is 2.33. The summed E-state index contributed by atoms with van der Waals surface area (Å²) < 4.78 is 49.2. The first-order chi connectivity index (χ1) is 6.56. The summed E-state index contributed by atoms with van der Waals surface area (Å²) >= 11 is 0. The summed E-state index contributed by atoms with van der Waals surface area (Å²) in [6, 6.07) is 0. The molecule has 0 spiro atoms. The van der Waals surface area contributed by atoms with Gasteiger partial charge in [-0.05, 0) is 24.3 Å². The van der Waals surface area contributed by atoms with Crippen LogP contribution in [0.4, 0.5) is 17.6 Å².